The van der Waals surface area contributed by atoms with Crippen LogP contribution in [0.2, 0.25) is 0 Å². The molecule has 3 nitrogen and oxygen atoms in total. The molecule has 0 amide bonds. The van der Waals surface area contributed by atoms with E-state index in [1.807, 2.05) is 30.3 Å². The van der Waals surface area contributed by atoms with Gasteiger partial charge in [-0.05, 0) is 5.56 Å². The lowest BCUT2D eigenvalue weighted by molar-refractivity contribution is -0.167. The van der Waals surface area contributed by atoms with Crippen LogP contribution in [0.15, 0.2) is 30.3 Å². The van der Waals surface area contributed by atoms with Crippen LogP contribution in [0.3, 0.4) is 0 Å². The molecule has 1 atom stereocenters. The van der Waals surface area contributed by atoms with Gasteiger partial charge in [0, 0.05) is 13.0 Å². The Bertz CT molecular complexity index is 284. The maximum absolute atomic E-state index is 9.60. The van der Waals surface area contributed by atoms with Crippen LogP contribution in [0.25, 0.3) is 0 Å². The zero-order valence-electron chi connectivity index (χ0n) is 7.27. The highest BCUT2D eigenvalue weighted by molar-refractivity contribution is 5.22. The van der Waals surface area contributed by atoms with E-state index in [1.54, 1.807) is 0 Å². The van der Waals surface area contributed by atoms with Crippen molar-refractivity contribution < 1.29 is 10.2 Å². The fraction of sp³-hybridized carbons (Fsp3) is 0.400. The molecule has 70 valence electrons. The van der Waals surface area contributed by atoms with Gasteiger partial charge in [-0.2, -0.15) is 0 Å². The first-order chi connectivity index (χ1) is 6.20. The summed E-state index contributed by atoms with van der Waals surface area (Å²) in [5, 5.41) is 22.3. The summed E-state index contributed by atoms with van der Waals surface area (Å²) in [7, 11) is 0. The van der Waals surface area contributed by atoms with E-state index in [2.05, 4.69) is 5.32 Å². The monoisotopic (exact) mass is 179 g/mol. The lowest BCUT2D eigenvalue weighted by Gasteiger charge is -2.23. The van der Waals surface area contributed by atoms with Gasteiger partial charge in [0.1, 0.15) is 0 Å². The van der Waals surface area contributed by atoms with Gasteiger partial charge in [0.05, 0.1) is 6.04 Å². The Morgan fingerprint density at radius 3 is 2.46 bits per heavy atom. The van der Waals surface area contributed by atoms with E-state index in [0.717, 1.165) is 5.56 Å². The molecule has 0 saturated carbocycles. The molecule has 1 aromatic rings. The Morgan fingerprint density at radius 2 is 1.92 bits per heavy atom. The van der Waals surface area contributed by atoms with E-state index in [9.17, 15) is 10.2 Å². The molecule has 1 unspecified atom stereocenters. The molecule has 0 radical (unpaired) electrons. The summed E-state index contributed by atoms with van der Waals surface area (Å²) in [5.74, 6) is -1.60. The Morgan fingerprint density at radius 1 is 1.23 bits per heavy atom. The zero-order chi connectivity index (χ0) is 9.31. The third-order valence-corrected chi connectivity index (χ3v) is 2.44. The van der Waals surface area contributed by atoms with Gasteiger partial charge in [-0.1, -0.05) is 30.3 Å². The Labute approximate surface area is 77.0 Å². The van der Waals surface area contributed by atoms with Crippen LogP contribution >= 0.6 is 0 Å². The summed E-state index contributed by atoms with van der Waals surface area (Å²) in [6, 6.07) is 9.13. The first-order valence-electron chi connectivity index (χ1n) is 4.43. The minimum absolute atomic E-state index is 0.353. The fourth-order valence-electron chi connectivity index (χ4n) is 1.74. The highest BCUT2D eigenvalue weighted by Crippen LogP contribution is 2.30. The summed E-state index contributed by atoms with van der Waals surface area (Å²) in [4.78, 5) is 0. The summed E-state index contributed by atoms with van der Waals surface area (Å²) in [6.45, 7) is 0.645. The first kappa shape index (κ1) is 8.69. The lowest BCUT2D eigenvalue weighted by atomic mass is 10.0. The van der Waals surface area contributed by atoms with Crippen molar-refractivity contribution in [2.75, 3.05) is 6.54 Å². The molecule has 1 aliphatic rings. The van der Waals surface area contributed by atoms with Gasteiger partial charge < -0.3 is 15.5 Å². The molecule has 1 fully saturated rings. The molecular weight excluding hydrogens is 166 g/mol. The Balaban J connectivity index is 2.27. The van der Waals surface area contributed by atoms with Crippen molar-refractivity contribution in [2.45, 2.75) is 18.2 Å². The van der Waals surface area contributed by atoms with Crippen LogP contribution in [0, 0.1) is 0 Å². The van der Waals surface area contributed by atoms with Crippen LogP contribution in [0.5, 0.6) is 0 Å². The topological polar surface area (TPSA) is 52.5 Å². The molecule has 2 rings (SSSR count). The number of benzene rings is 1. The van der Waals surface area contributed by atoms with Crippen molar-refractivity contribution in [3.63, 3.8) is 0 Å². The molecule has 3 N–H and O–H groups in total. The van der Waals surface area contributed by atoms with Crippen molar-refractivity contribution >= 4 is 0 Å². The van der Waals surface area contributed by atoms with Gasteiger partial charge >= 0.3 is 0 Å². The third kappa shape index (κ3) is 1.58. The quantitative estimate of drug-likeness (QED) is 0.547. The number of nitrogens with one attached hydrogen (secondary N) is 1. The van der Waals surface area contributed by atoms with E-state index < -0.39 is 5.79 Å². The molecule has 1 aromatic carbocycles. The Hall–Kier alpha value is -0.900. The van der Waals surface area contributed by atoms with Crippen LogP contribution in [-0.4, -0.2) is 22.5 Å². The second-order valence-electron chi connectivity index (χ2n) is 3.43. The van der Waals surface area contributed by atoms with E-state index in [4.69, 9.17) is 0 Å². The average Bonchev–Trinajstić information content (AvgIpc) is 2.47. The molecular formula is C10H13NO2. The van der Waals surface area contributed by atoms with E-state index in [-0.39, 0.29) is 6.04 Å². The molecule has 13 heavy (non-hydrogen) atoms. The van der Waals surface area contributed by atoms with Crippen LogP contribution < -0.4 is 5.32 Å². The maximum Gasteiger partial charge on any atom is 0.183 e. The van der Waals surface area contributed by atoms with Gasteiger partial charge in [-0.25, -0.2) is 0 Å². The first-order valence-corrected chi connectivity index (χ1v) is 4.43. The molecule has 1 aliphatic heterocycles. The highest BCUT2D eigenvalue weighted by Gasteiger charge is 2.39. The maximum atomic E-state index is 9.60. The summed E-state index contributed by atoms with van der Waals surface area (Å²) in [6.07, 6.45) is 0.382. The van der Waals surface area contributed by atoms with Crippen molar-refractivity contribution in [2.24, 2.45) is 0 Å². The summed E-state index contributed by atoms with van der Waals surface area (Å²) < 4.78 is 0. The molecule has 0 spiro atoms. The molecule has 3 heteroatoms. The minimum Gasteiger partial charge on any atom is -0.364 e. The van der Waals surface area contributed by atoms with Gasteiger partial charge in [0.25, 0.3) is 0 Å². The zero-order valence-corrected chi connectivity index (χ0v) is 7.27. The van der Waals surface area contributed by atoms with Crippen molar-refractivity contribution in [1.82, 2.24) is 5.32 Å². The van der Waals surface area contributed by atoms with Crippen molar-refractivity contribution in [1.29, 1.82) is 0 Å². The van der Waals surface area contributed by atoms with Gasteiger partial charge in [0.15, 0.2) is 5.79 Å². The van der Waals surface area contributed by atoms with Gasteiger partial charge in [-0.3, -0.25) is 0 Å². The van der Waals surface area contributed by atoms with Crippen LogP contribution in [-0.2, 0) is 0 Å². The predicted molar refractivity (Wildman–Crippen MR) is 49.0 cm³/mol. The Kier molecular flexibility index (Phi) is 2.07. The third-order valence-electron chi connectivity index (χ3n) is 2.44. The average molecular weight is 179 g/mol. The van der Waals surface area contributed by atoms with E-state index >= 15 is 0 Å². The second kappa shape index (κ2) is 3.10. The number of hydrogen-bond donors (Lipinski definition) is 3. The molecule has 0 aromatic heterocycles. The smallest absolute Gasteiger partial charge is 0.183 e. The number of rotatable bonds is 1. The summed E-state index contributed by atoms with van der Waals surface area (Å²) >= 11 is 0. The summed E-state index contributed by atoms with van der Waals surface area (Å²) in [5.41, 5.74) is 0.921. The SMILES string of the molecule is OC1(O)CCNC1c1ccccc1. The largest absolute Gasteiger partial charge is 0.364 e. The molecule has 0 aliphatic carbocycles. The fourth-order valence-corrected chi connectivity index (χ4v) is 1.74. The van der Waals surface area contributed by atoms with Crippen LogP contribution in [0.1, 0.15) is 18.0 Å². The lowest BCUT2D eigenvalue weighted by Crippen LogP contribution is -2.34. The van der Waals surface area contributed by atoms with Crippen molar-refractivity contribution in [3.05, 3.63) is 35.9 Å². The normalized spacial score (nSPS) is 26.2. The molecule has 0 bridgehead atoms. The van der Waals surface area contributed by atoms with E-state index in [0.29, 0.717) is 13.0 Å². The minimum atomic E-state index is -1.60. The molecule has 1 saturated heterocycles. The number of hydrogen-bond acceptors (Lipinski definition) is 3. The van der Waals surface area contributed by atoms with E-state index in [1.165, 1.54) is 0 Å². The van der Waals surface area contributed by atoms with Gasteiger partial charge in [0.2, 0.25) is 0 Å². The van der Waals surface area contributed by atoms with Crippen molar-refractivity contribution in [3.8, 4) is 0 Å². The van der Waals surface area contributed by atoms with Gasteiger partial charge in [-0.15, -0.1) is 0 Å². The van der Waals surface area contributed by atoms with Crippen LogP contribution in [0.4, 0.5) is 0 Å². The standard InChI is InChI=1S/C10H13NO2/c12-10(13)6-7-11-9(10)8-4-2-1-3-5-8/h1-5,9,11-13H,6-7H2. The molecule has 1 heterocycles. The number of aliphatic hydroxyl groups is 2. The second-order valence-corrected chi connectivity index (χ2v) is 3.43. The highest BCUT2D eigenvalue weighted by atomic mass is 16.5. The predicted octanol–water partition coefficient (Wildman–Crippen LogP) is 0.402.